The van der Waals surface area contributed by atoms with Gasteiger partial charge >= 0.3 is 6.18 Å². The van der Waals surface area contributed by atoms with Crippen molar-refractivity contribution >= 4 is 23.2 Å². The van der Waals surface area contributed by atoms with Crippen LogP contribution >= 0.6 is 11.6 Å². The van der Waals surface area contributed by atoms with Gasteiger partial charge in [0.25, 0.3) is 0 Å². The molecule has 19 heavy (non-hydrogen) atoms. The van der Waals surface area contributed by atoms with E-state index in [0.29, 0.717) is 0 Å². The zero-order valence-corrected chi connectivity index (χ0v) is 11.4. The molecule has 0 aliphatic carbocycles. The molecule has 7 heteroatoms. The summed E-state index contributed by atoms with van der Waals surface area (Å²) in [5, 5.41) is 4.77. The topological polar surface area (TPSA) is 41.1 Å². The van der Waals surface area contributed by atoms with Crippen LogP contribution in [0.5, 0.6) is 0 Å². The first-order chi connectivity index (χ1) is 8.58. The molecule has 1 aromatic rings. The third-order valence-electron chi connectivity index (χ3n) is 2.72. The first-order valence-corrected chi connectivity index (χ1v) is 5.83. The van der Waals surface area contributed by atoms with E-state index in [1.807, 2.05) is 0 Å². The van der Waals surface area contributed by atoms with Crippen LogP contribution in [0.1, 0.15) is 19.4 Å². The second-order valence-electron chi connectivity index (χ2n) is 4.52. The summed E-state index contributed by atoms with van der Waals surface area (Å²) in [6.07, 6.45) is -4.56. The molecule has 1 amide bonds. The largest absolute Gasteiger partial charge is 0.417 e. The van der Waals surface area contributed by atoms with Crippen LogP contribution in [0.2, 0.25) is 5.02 Å². The van der Waals surface area contributed by atoms with Gasteiger partial charge in [-0.15, -0.1) is 0 Å². The Morgan fingerprint density at radius 3 is 2.32 bits per heavy atom. The van der Waals surface area contributed by atoms with Gasteiger partial charge in [0.15, 0.2) is 0 Å². The molecule has 0 aromatic heterocycles. The minimum absolute atomic E-state index is 0.0463. The Hall–Kier alpha value is -1.27. The van der Waals surface area contributed by atoms with E-state index in [4.69, 9.17) is 11.6 Å². The number of hydrogen-bond donors (Lipinski definition) is 2. The average molecular weight is 295 g/mol. The molecule has 0 atom stereocenters. The number of anilines is 1. The van der Waals surface area contributed by atoms with Crippen LogP contribution in [0.15, 0.2) is 18.2 Å². The Morgan fingerprint density at radius 1 is 1.26 bits per heavy atom. The molecule has 1 aromatic carbocycles. The lowest BCUT2D eigenvalue weighted by Gasteiger charge is -2.23. The molecule has 106 valence electrons. The number of benzene rings is 1. The predicted octanol–water partition coefficient (Wildman–Crippen LogP) is 3.30. The summed E-state index contributed by atoms with van der Waals surface area (Å²) < 4.78 is 38.0. The maximum Gasteiger partial charge on any atom is 0.417 e. The fourth-order valence-electron chi connectivity index (χ4n) is 1.22. The smallest absolute Gasteiger partial charge is 0.324 e. The summed E-state index contributed by atoms with van der Waals surface area (Å²) in [6.45, 7) is 3.23. The minimum Gasteiger partial charge on any atom is -0.324 e. The monoisotopic (exact) mass is 294 g/mol. The van der Waals surface area contributed by atoms with E-state index >= 15 is 0 Å². The van der Waals surface area contributed by atoms with Crippen LogP contribution in [-0.4, -0.2) is 18.5 Å². The van der Waals surface area contributed by atoms with Crippen LogP contribution in [0.25, 0.3) is 0 Å². The van der Waals surface area contributed by atoms with Gasteiger partial charge in [0, 0.05) is 5.69 Å². The maximum atomic E-state index is 12.7. The van der Waals surface area contributed by atoms with Gasteiger partial charge in [0.2, 0.25) is 5.91 Å². The molecule has 0 bridgehead atoms. The molecule has 0 radical (unpaired) electrons. The number of carbonyl (C=O) groups excluding carboxylic acids is 1. The molecular formula is C12H14ClF3N2O. The SMILES string of the molecule is CNC(C)(C)C(=O)Nc1ccc(Cl)c(C(F)(F)F)c1. The number of hydrogen-bond acceptors (Lipinski definition) is 2. The number of nitrogens with one attached hydrogen (secondary N) is 2. The molecule has 3 nitrogen and oxygen atoms in total. The van der Waals surface area contributed by atoms with Gasteiger partial charge in [-0.05, 0) is 39.1 Å². The Balaban J connectivity index is 3.02. The Labute approximate surface area is 114 Å². The highest BCUT2D eigenvalue weighted by atomic mass is 35.5. The molecule has 0 aliphatic heterocycles. The zero-order chi connectivity index (χ0) is 14.8. The number of alkyl halides is 3. The van der Waals surface area contributed by atoms with E-state index in [9.17, 15) is 18.0 Å². The first kappa shape index (κ1) is 15.8. The molecule has 0 saturated heterocycles. The summed E-state index contributed by atoms with van der Waals surface area (Å²) >= 11 is 5.49. The van der Waals surface area contributed by atoms with Crippen LogP contribution in [-0.2, 0) is 11.0 Å². The van der Waals surface area contributed by atoms with Crippen molar-refractivity contribution in [2.24, 2.45) is 0 Å². The summed E-state index contributed by atoms with van der Waals surface area (Å²) in [5.41, 5.74) is -1.82. The van der Waals surface area contributed by atoms with Gasteiger partial charge in [-0.1, -0.05) is 11.6 Å². The quantitative estimate of drug-likeness (QED) is 0.898. The Kier molecular flexibility index (Phi) is 4.47. The van der Waals surface area contributed by atoms with Gasteiger partial charge in [-0.2, -0.15) is 13.2 Å². The summed E-state index contributed by atoms with van der Waals surface area (Å²) in [4.78, 5) is 11.8. The van der Waals surface area contributed by atoms with Crippen LogP contribution in [0, 0.1) is 0 Å². The lowest BCUT2D eigenvalue weighted by Crippen LogP contribution is -2.47. The maximum absolute atomic E-state index is 12.7. The number of carbonyl (C=O) groups is 1. The first-order valence-electron chi connectivity index (χ1n) is 5.45. The van der Waals surface area contributed by atoms with Crippen LogP contribution in [0.3, 0.4) is 0 Å². The Bertz CT molecular complexity index is 486. The van der Waals surface area contributed by atoms with E-state index in [1.165, 1.54) is 6.07 Å². The van der Waals surface area contributed by atoms with Crippen LogP contribution < -0.4 is 10.6 Å². The van der Waals surface area contributed by atoms with Crippen molar-refractivity contribution in [2.45, 2.75) is 25.6 Å². The predicted molar refractivity (Wildman–Crippen MR) is 68.2 cm³/mol. The molecule has 1 rings (SSSR count). The van der Waals surface area contributed by atoms with E-state index in [1.54, 1.807) is 20.9 Å². The molecule has 0 saturated carbocycles. The fraction of sp³-hybridized carbons (Fsp3) is 0.417. The molecule has 0 aliphatic rings. The van der Waals surface area contributed by atoms with Crippen molar-refractivity contribution in [3.63, 3.8) is 0 Å². The fourth-order valence-corrected chi connectivity index (χ4v) is 1.45. The number of rotatable bonds is 3. The van der Waals surface area contributed by atoms with Crippen molar-refractivity contribution in [3.05, 3.63) is 28.8 Å². The standard InChI is InChI=1S/C12H14ClF3N2O/c1-11(2,17-3)10(19)18-7-4-5-9(13)8(6-7)12(14,15)16/h4-6,17H,1-3H3,(H,18,19). The van der Waals surface area contributed by atoms with Crippen LogP contribution in [0.4, 0.5) is 18.9 Å². The number of amides is 1. The van der Waals surface area contributed by atoms with Crippen molar-refractivity contribution < 1.29 is 18.0 Å². The highest BCUT2D eigenvalue weighted by Gasteiger charge is 2.34. The minimum atomic E-state index is -4.56. The van der Waals surface area contributed by atoms with Gasteiger partial charge in [-0.25, -0.2) is 0 Å². The second kappa shape index (κ2) is 5.38. The number of halogens is 4. The molecule has 0 spiro atoms. The number of likely N-dealkylation sites (N-methyl/N-ethyl adjacent to an activating group) is 1. The van der Waals surface area contributed by atoms with Gasteiger partial charge in [0.05, 0.1) is 16.1 Å². The molecule has 0 unspecified atom stereocenters. The summed E-state index contributed by atoms with van der Waals surface area (Å²) in [5.74, 6) is -0.439. The summed E-state index contributed by atoms with van der Waals surface area (Å²) in [6, 6.07) is 3.24. The van der Waals surface area contributed by atoms with Gasteiger partial charge < -0.3 is 10.6 Å². The molecule has 0 heterocycles. The average Bonchev–Trinajstić information content (AvgIpc) is 2.30. The van der Waals surface area contributed by atoms with Crippen molar-refractivity contribution in [1.29, 1.82) is 0 Å². The second-order valence-corrected chi connectivity index (χ2v) is 4.93. The zero-order valence-electron chi connectivity index (χ0n) is 10.7. The van der Waals surface area contributed by atoms with E-state index in [2.05, 4.69) is 10.6 Å². The third kappa shape index (κ3) is 3.84. The normalized spacial score (nSPS) is 12.4. The third-order valence-corrected chi connectivity index (χ3v) is 3.05. The van der Waals surface area contributed by atoms with E-state index in [-0.39, 0.29) is 5.69 Å². The molecule has 0 fully saturated rings. The highest BCUT2D eigenvalue weighted by molar-refractivity contribution is 6.31. The molecule has 2 N–H and O–H groups in total. The lowest BCUT2D eigenvalue weighted by molar-refractivity contribution is -0.137. The van der Waals surface area contributed by atoms with Crippen molar-refractivity contribution in [1.82, 2.24) is 5.32 Å². The van der Waals surface area contributed by atoms with Gasteiger partial charge in [-0.3, -0.25) is 4.79 Å². The van der Waals surface area contributed by atoms with Crippen molar-refractivity contribution in [3.8, 4) is 0 Å². The Morgan fingerprint density at radius 2 is 1.84 bits per heavy atom. The molecular weight excluding hydrogens is 281 g/mol. The lowest BCUT2D eigenvalue weighted by atomic mass is 10.0. The summed E-state index contributed by atoms with van der Waals surface area (Å²) in [7, 11) is 1.59. The van der Waals surface area contributed by atoms with Crippen molar-refractivity contribution in [2.75, 3.05) is 12.4 Å². The highest BCUT2D eigenvalue weighted by Crippen LogP contribution is 2.36. The van der Waals surface area contributed by atoms with E-state index in [0.717, 1.165) is 12.1 Å². The van der Waals surface area contributed by atoms with E-state index < -0.39 is 28.2 Å². The van der Waals surface area contributed by atoms with Gasteiger partial charge in [0.1, 0.15) is 0 Å².